The molecule has 0 spiro atoms. The Bertz CT molecular complexity index is 363. The van der Waals surface area contributed by atoms with Crippen molar-refractivity contribution < 1.29 is 4.79 Å². The van der Waals surface area contributed by atoms with Crippen molar-refractivity contribution >= 4 is 17.5 Å². The highest BCUT2D eigenvalue weighted by Gasteiger charge is 2.12. The van der Waals surface area contributed by atoms with Crippen LogP contribution in [0.2, 0.25) is 5.02 Å². The summed E-state index contributed by atoms with van der Waals surface area (Å²) in [7, 11) is 0. The molecule has 1 rings (SSSR count). The highest BCUT2D eigenvalue weighted by atomic mass is 35.5. The number of halogens is 1. The predicted molar refractivity (Wildman–Crippen MR) is 67.8 cm³/mol. The summed E-state index contributed by atoms with van der Waals surface area (Å²) in [6, 6.07) is 7.26. The van der Waals surface area contributed by atoms with Gasteiger partial charge in [-0.25, -0.2) is 0 Å². The summed E-state index contributed by atoms with van der Waals surface area (Å²) in [6.45, 7) is 6.28. The highest BCUT2D eigenvalue weighted by molar-refractivity contribution is 6.33. The van der Waals surface area contributed by atoms with Crippen molar-refractivity contribution in [1.82, 2.24) is 5.32 Å². The van der Waals surface area contributed by atoms with Crippen LogP contribution in [0.25, 0.3) is 0 Å². The summed E-state index contributed by atoms with van der Waals surface area (Å²) in [5.41, 5.74) is 0.541. The maximum atomic E-state index is 11.9. The molecule has 1 aromatic rings. The van der Waals surface area contributed by atoms with Gasteiger partial charge in [-0.3, -0.25) is 4.79 Å². The van der Waals surface area contributed by atoms with Gasteiger partial charge in [0.2, 0.25) is 0 Å². The number of amides is 1. The summed E-state index contributed by atoms with van der Waals surface area (Å²) < 4.78 is 0. The molecule has 0 aliphatic rings. The van der Waals surface area contributed by atoms with Crippen LogP contribution in [-0.2, 0) is 0 Å². The van der Waals surface area contributed by atoms with Gasteiger partial charge in [0.25, 0.3) is 5.91 Å². The minimum absolute atomic E-state index is 0.0984. The number of nitrogens with one attached hydrogen (secondary N) is 1. The third-order valence-corrected chi connectivity index (χ3v) is 2.65. The Morgan fingerprint density at radius 3 is 2.50 bits per heavy atom. The molecule has 1 atom stereocenters. The van der Waals surface area contributed by atoms with Crippen molar-refractivity contribution in [1.29, 1.82) is 0 Å². The predicted octanol–water partition coefficient (Wildman–Crippen LogP) is 3.50. The lowest BCUT2D eigenvalue weighted by atomic mass is 10.0. The van der Waals surface area contributed by atoms with E-state index in [2.05, 4.69) is 19.2 Å². The molecule has 3 heteroatoms. The third kappa shape index (κ3) is 3.86. The molecule has 1 N–H and O–H groups in total. The summed E-state index contributed by atoms with van der Waals surface area (Å²) in [6.07, 6.45) is 0.968. The molecular weight excluding hydrogens is 222 g/mol. The number of hydrogen-bond acceptors (Lipinski definition) is 1. The maximum absolute atomic E-state index is 11.9. The molecule has 0 aromatic heterocycles. The smallest absolute Gasteiger partial charge is 0.252 e. The zero-order valence-electron chi connectivity index (χ0n) is 9.96. The average molecular weight is 240 g/mol. The van der Waals surface area contributed by atoms with E-state index in [1.165, 1.54) is 0 Å². The second-order valence-corrected chi connectivity index (χ2v) is 4.89. The van der Waals surface area contributed by atoms with Gasteiger partial charge in [0.1, 0.15) is 0 Å². The highest BCUT2D eigenvalue weighted by Crippen LogP contribution is 2.15. The minimum Gasteiger partial charge on any atom is -0.350 e. The third-order valence-electron chi connectivity index (χ3n) is 2.32. The molecule has 0 aliphatic carbocycles. The lowest BCUT2D eigenvalue weighted by Gasteiger charge is -2.16. The summed E-state index contributed by atoms with van der Waals surface area (Å²) in [4.78, 5) is 11.9. The topological polar surface area (TPSA) is 29.1 Å². The van der Waals surface area contributed by atoms with Gasteiger partial charge in [0.05, 0.1) is 10.6 Å². The Balaban J connectivity index is 2.63. The first-order chi connectivity index (χ1) is 7.50. The van der Waals surface area contributed by atoms with Crippen LogP contribution in [0.1, 0.15) is 37.6 Å². The van der Waals surface area contributed by atoms with Crippen LogP contribution in [0.5, 0.6) is 0 Å². The lowest BCUT2D eigenvalue weighted by Crippen LogP contribution is -2.33. The Morgan fingerprint density at radius 1 is 1.31 bits per heavy atom. The normalized spacial score (nSPS) is 12.6. The Hall–Kier alpha value is -1.02. The van der Waals surface area contributed by atoms with E-state index >= 15 is 0 Å². The zero-order valence-corrected chi connectivity index (χ0v) is 10.7. The fraction of sp³-hybridized carbons (Fsp3) is 0.462. The molecule has 0 saturated heterocycles. The average Bonchev–Trinajstić information content (AvgIpc) is 2.16. The fourth-order valence-corrected chi connectivity index (χ4v) is 1.93. The maximum Gasteiger partial charge on any atom is 0.252 e. The molecule has 0 radical (unpaired) electrons. The van der Waals surface area contributed by atoms with Crippen molar-refractivity contribution in [2.45, 2.75) is 33.2 Å². The monoisotopic (exact) mass is 239 g/mol. The first-order valence-electron chi connectivity index (χ1n) is 5.56. The SMILES string of the molecule is CC(C)CC(C)NC(=O)c1ccccc1Cl. The van der Waals surface area contributed by atoms with E-state index < -0.39 is 0 Å². The molecule has 1 amide bonds. The van der Waals surface area contributed by atoms with Gasteiger partial charge in [-0.15, -0.1) is 0 Å². The van der Waals surface area contributed by atoms with Crippen LogP contribution in [-0.4, -0.2) is 11.9 Å². The van der Waals surface area contributed by atoms with Crippen molar-refractivity contribution in [3.8, 4) is 0 Å². The lowest BCUT2D eigenvalue weighted by molar-refractivity contribution is 0.0936. The second-order valence-electron chi connectivity index (χ2n) is 4.48. The van der Waals surface area contributed by atoms with E-state index in [9.17, 15) is 4.79 Å². The Kier molecular flexibility index (Phi) is 4.81. The van der Waals surface area contributed by atoms with E-state index in [1.807, 2.05) is 19.1 Å². The van der Waals surface area contributed by atoms with Crippen LogP contribution in [0.4, 0.5) is 0 Å². The fourth-order valence-electron chi connectivity index (χ4n) is 1.71. The quantitative estimate of drug-likeness (QED) is 0.856. The van der Waals surface area contributed by atoms with Gasteiger partial charge >= 0.3 is 0 Å². The standard InChI is InChI=1S/C13H18ClNO/c1-9(2)8-10(3)15-13(16)11-6-4-5-7-12(11)14/h4-7,9-10H,8H2,1-3H3,(H,15,16). The van der Waals surface area contributed by atoms with Gasteiger partial charge in [0, 0.05) is 6.04 Å². The van der Waals surface area contributed by atoms with Crippen molar-refractivity contribution in [3.63, 3.8) is 0 Å². The van der Waals surface area contributed by atoms with Gasteiger partial charge in [-0.1, -0.05) is 37.6 Å². The second kappa shape index (κ2) is 5.90. The summed E-state index contributed by atoms with van der Waals surface area (Å²) >= 11 is 5.95. The summed E-state index contributed by atoms with van der Waals surface area (Å²) in [5.74, 6) is 0.472. The van der Waals surface area contributed by atoms with Crippen LogP contribution in [0.3, 0.4) is 0 Å². The molecule has 0 aliphatic heterocycles. The van der Waals surface area contributed by atoms with Gasteiger partial charge < -0.3 is 5.32 Å². The molecule has 0 saturated carbocycles. The zero-order chi connectivity index (χ0) is 12.1. The number of rotatable bonds is 4. The minimum atomic E-state index is -0.0984. The molecule has 2 nitrogen and oxygen atoms in total. The largest absolute Gasteiger partial charge is 0.350 e. The van der Waals surface area contributed by atoms with Crippen LogP contribution in [0, 0.1) is 5.92 Å². The van der Waals surface area contributed by atoms with Crippen molar-refractivity contribution in [2.24, 2.45) is 5.92 Å². The van der Waals surface area contributed by atoms with Crippen molar-refractivity contribution in [2.75, 3.05) is 0 Å². The van der Waals surface area contributed by atoms with Gasteiger partial charge in [-0.2, -0.15) is 0 Å². The molecule has 1 aromatic carbocycles. The number of hydrogen-bond donors (Lipinski definition) is 1. The van der Waals surface area contributed by atoms with E-state index in [0.29, 0.717) is 16.5 Å². The van der Waals surface area contributed by atoms with Crippen LogP contribution in [0.15, 0.2) is 24.3 Å². The number of carbonyl (C=O) groups is 1. The Labute approximate surface area is 102 Å². The number of benzene rings is 1. The van der Waals surface area contributed by atoms with E-state index in [-0.39, 0.29) is 11.9 Å². The molecule has 0 bridgehead atoms. The van der Waals surface area contributed by atoms with Gasteiger partial charge in [-0.05, 0) is 31.4 Å². The molecule has 0 fully saturated rings. The van der Waals surface area contributed by atoms with E-state index in [4.69, 9.17) is 11.6 Å². The van der Waals surface area contributed by atoms with Crippen LogP contribution < -0.4 is 5.32 Å². The first kappa shape index (κ1) is 13.0. The van der Waals surface area contributed by atoms with Gasteiger partial charge in [0.15, 0.2) is 0 Å². The molecule has 0 heterocycles. The van der Waals surface area contributed by atoms with E-state index in [0.717, 1.165) is 6.42 Å². The molecule has 16 heavy (non-hydrogen) atoms. The molecule has 88 valence electrons. The van der Waals surface area contributed by atoms with E-state index in [1.54, 1.807) is 12.1 Å². The molecular formula is C13H18ClNO. The van der Waals surface area contributed by atoms with Crippen molar-refractivity contribution in [3.05, 3.63) is 34.9 Å². The van der Waals surface area contributed by atoms with Crippen LogP contribution >= 0.6 is 11.6 Å². The summed E-state index contributed by atoms with van der Waals surface area (Å²) in [5, 5.41) is 3.44. The Morgan fingerprint density at radius 2 is 1.94 bits per heavy atom. The number of carbonyl (C=O) groups excluding carboxylic acids is 1. The molecule has 1 unspecified atom stereocenters. The first-order valence-corrected chi connectivity index (χ1v) is 5.94.